The first-order chi connectivity index (χ1) is 6.87. The van der Waals surface area contributed by atoms with Gasteiger partial charge in [0.25, 0.3) is 0 Å². The zero-order chi connectivity index (χ0) is 11.5. The second-order valence-corrected chi connectivity index (χ2v) is 6.90. The normalized spacial score (nSPS) is 13.8. The summed E-state index contributed by atoms with van der Waals surface area (Å²) in [4.78, 5) is 0. The molecule has 5 heteroatoms. The van der Waals surface area contributed by atoms with Gasteiger partial charge in [-0.2, -0.15) is 0 Å². The van der Waals surface area contributed by atoms with Crippen molar-refractivity contribution in [2.45, 2.75) is 13.3 Å². The minimum atomic E-state index is -3.41. The van der Waals surface area contributed by atoms with Crippen LogP contribution in [0, 0.1) is 5.92 Å². The van der Waals surface area contributed by atoms with Crippen LogP contribution in [0.2, 0.25) is 5.02 Å². The van der Waals surface area contributed by atoms with Crippen LogP contribution in [0.15, 0.2) is 24.3 Å². The van der Waals surface area contributed by atoms with E-state index in [-0.39, 0.29) is 11.7 Å². The van der Waals surface area contributed by atoms with Gasteiger partial charge in [0.1, 0.15) is 0 Å². The number of benzene rings is 1. The summed E-state index contributed by atoms with van der Waals surface area (Å²) in [5.74, 6) is 0.00524. The molecule has 1 atom stereocenters. The summed E-state index contributed by atoms with van der Waals surface area (Å²) in [5.41, 5.74) is 1.06. The summed E-state index contributed by atoms with van der Waals surface area (Å²) in [6.07, 6.45) is 0.684. The Kier molecular flexibility index (Phi) is 4.44. The van der Waals surface area contributed by atoms with Crippen LogP contribution >= 0.6 is 22.3 Å². The molecule has 0 saturated carbocycles. The lowest BCUT2D eigenvalue weighted by atomic mass is 10.0. The molecule has 0 aliphatic heterocycles. The average molecular weight is 267 g/mol. The lowest BCUT2D eigenvalue weighted by molar-refractivity contribution is 0.582. The molecule has 0 aromatic heterocycles. The number of hydrogen-bond donors (Lipinski definition) is 0. The highest BCUT2D eigenvalue weighted by molar-refractivity contribution is 8.13. The van der Waals surface area contributed by atoms with Gasteiger partial charge in [0, 0.05) is 15.7 Å². The van der Waals surface area contributed by atoms with Crippen molar-refractivity contribution in [2.75, 3.05) is 5.75 Å². The minimum Gasteiger partial charge on any atom is -0.212 e. The smallest absolute Gasteiger partial charge is 0.212 e. The lowest BCUT2D eigenvalue weighted by Crippen LogP contribution is -2.10. The van der Waals surface area contributed by atoms with E-state index in [1.54, 1.807) is 12.1 Å². The number of rotatable bonds is 4. The highest BCUT2D eigenvalue weighted by Gasteiger charge is 2.12. The highest BCUT2D eigenvalue weighted by atomic mass is 35.7. The molecule has 0 aliphatic rings. The van der Waals surface area contributed by atoms with Gasteiger partial charge in [-0.05, 0) is 30.0 Å². The van der Waals surface area contributed by atoms with Crippen LogP contribution in [0.3, 0.4) is 0 Å². The van der Waals surface area contributed by atoms with Crippen molar-refractivity contribution < 1.29 is 8.42 Å². The maximum atomic E-state index is 10.8. The quantitative estimate of drug-likeness (QED) is 0.785. The Hall–Kier alpha value is -0.250. The zero-order valence-corrected chi connectivity index (χ0v) is 10.6. The second kappa shape index (κ2) is 5.19. The van der Waals surface area contributed by atoms with Crippen molar-refractivity contribution in [3.05, 3.63) is 34.9 Å². The molecule has 0 aliphatic carbocycles. The average Bonchev–Trinajstić information content (AvgIpc) is 2.05. The Morgan fingerprint density at radius 3 is 2.27 bits per heavy atom. The first-order valence-electron chi connectivity index (χ1n) is 4.53. The summed E-state index contributed by atoms with van der Waals surface area (Å²) in [6.45, 7) is 1.86. The molecule has 0 N–H and O–H groups in total. The molecule has 1 aromatic carbocycles. The molecular formula is C10H12Cl2O2S. The zero-order valence-electron chi connectivity index (χ0n) is 8.28. The Bertz CT molecular complexity index is 412. The monoisotopic (exact) mass is 266 g/mol. The molecule has 0 radical (unpaired) electrons. The molecule has 0 heterocycles. The predicted octanol–water partition coefficient (Wildman–Crippen LogP) is 3.09. The van der Waals surface area contributed by atoms with Gasteiger partial charge in [-0.1, -0.05) is 30.7 Å². The van der Waals surface area contributed by atoms with Gasteiger partial charge in [0.2, 0.25) is 9.05 Å². The first kappa shape index (κ1) is 12.8. The van der Waals surface area contributed by atoms with E-state index in [9.17, 15) is 8.42 Å². The number of hydrogen-bond acceptors (Lipinski definition) is 2. The van der Waals surface area contributed by atoms with Gasteiger partial charge in [-0.15, -0.1) is 0 Å². The second-order valence-electron chi connectivity index (χ2n) is 3.64. The fourth-order valence-corrected chi connectivity index (χ4v) is 2.99. The van der Waals surface area contributed by atoms with Gasteiger partial charge in [0.05, 0.1) is 5.75 Å². The summed E-state index contributed by atoms with van der Waals surface area (Å²) in [6, 6.07) is 7.36. The molecule has 1 rings (SSSR count). The minimum absolute atomic E-state index is 0.00280. The topological polar surface area (TPSA) is 34.1 Å². The van der Waals surface area contributed by atoms with E-state index in [2.05, 4.69) is 0 Å². The highest BCUT2D eigenvalue weighted by Crippen LogP contribution is 2.15. The third-order valence-corrected chi connectivity index (χ3v) is 3.58. The summed E-state index contributed by atoms with van der Waals surface area (Å²) in [5, 5.41) is 0.677. The molecule has 0 amide bonds. The van der Waals surface area contributed by atoms with Crippen LogP contribution in [0.1, 0.15) is 12.5 Å². The Labute approximate surface area is 99.6 Å². The van der Waals surface area contributed by atoms with E-state index in [0.717, 1.165) is 5.56 Å². The molecule has 15 heavy (non-hydrogen) atoms. The van der Waals surface area contributed by atoms with Gasteiger partial charge in [0.15, 0.2) is 0 Å². The van der Waals surface area contributed by atoms with Crippen molar-refractivity contribution >= 4 is 31.3 Å². The van der Waals surface area contributed by atoms with Crippen LogP contribution in [-0.2, 0) is 15.5 Å². The van der Waals surface area contributed by atoms with E-state index in [1.165, 1.54) is 0 Å². The standard InChI is InChI=1S/C10H12Cl2O2S/c1-8(7-15(12,13)14)6-9-2-4-10(11)5-3-9/h2-5,8H,6-7H2,1H3. The Balaban J connectivity index is 2.59. The predicted molar refractivity (Wildman–Crippen MR) is 64.0 cm³/mol. The summed E-state index contributed by atoms with van der Waals surface area (Å²) >= 11 is 5.74. The fourth-order valence-electron chi connectivity index (χ4n) is 1.42. The van der Waals surface area contributed by atoms with Gasteiger partial charge in [-0.3, -0.25) is 0 Å². The Morgan fingerprint density at radius 2 is 1.80 bits per heavy atom. The van der Waals surface area contributed by atoms with Crippen LogP contribution < -0.4 is 0 Å². The number of halogens is 2. The first-order valence-corrected chi connectivity index (χ1v) is 7.39. The van der Waals surface area contributed by atoms with E-state index < -0.39 is 9.05 Å². The molecular weight excluding hydrogens is 255 g/mol. The van der Waals surface area contributed by atoms with Crippen LogP contribution in [0.4, 0.5) is 0 Å². The van der Waals surface area contributed by atoms with Crippen molar-refractivity contribution in [1.29, 1.82) is 0 Å². The molecule has 0 saturated heterocycles. The van der Waals surface area contributed by atoms with E-state index in [0.29, 0.717) is 11.4 Å². The van der Waals surface area contributed by atoms with E-state index in [4.69, 9.17) is 22.3 Å². The molecule has 0 spiro atoms. The summed E-state index contributed by atoms with van der Waals surface area (Å²) < 4.78 is 21.7. The molecule has 2 nitrogen and oxygen atoms in total. The van der Waals surface area contributed by atoms with Crippen molar-refractivity contribution in [1.82, 2.24) is 0 Å². The Morgan fingerprint density at radius 1 is 1.27 bits per heavy atom. The maximum Gasteiger partial charge on any atom is 0.232 e. The SMILES string of the molecule is CC(Cc1ccc(Cl)cc1)CS(=O)(=O)Cl. The van der Waals surface area contributed by atoms with Crippen LogP contribution in [-0.4, -0.2) is 14.2 Å². The summed E-state index contributed by atoms with van der Waals surface area (Å²) in [7, 11) is 1.77. The van der Waals surface area contributed by atoms with Gasteiger partial charge < -0.3 is 0 Å². The molecule has 84 valence electrons. The molecule has 1 aromatic rings. The maximum absolute atomic E-state index is 10.8. The van der Waals surface area contributed by atoms with Crippen molar-refractivity contribution in [3.63, 3.8) is 0 Å². The van der Waals surface area contributed by atoms with Gasteiger partial charge in [-0.25, -0.2) is 8.42 Å². The van der Waals surface area contributed by atoms with E-state index >= 15 is 0 Å². The molecule has 0 fully saturated rings. The van der Waals surface area contributed by atoms with E-state index in [1.807, 2.05) is 19.1 Å². The van der Waals surface area contributed by atoms with Crippen LogP contribution in [0.5, 0.6) is 0 Å². The third-order valence-electron chi connectivity index (χ3n) is 1.98. The fraction of sp³-hybridized carbons (Fsp3) is 0.400. The molecule has 1 unspecified atom stereocenters. The van der Waals surface area contributed by atoms with Crippen molar-refractivity contribution in [2.24, 2.45) is 5.92 Å². The van der Waals surface area contributed by atoms with Crippen LogP contribution in [0.25, 0.3) is 0 Å². The largest absolute Gasteiger partial charge is 0.232 e. The molecule has 0 bridgehead atoms. The van der Waals surface area contributed by atoms with Gasteiger partial charge >= 0.3 is 0 Å². The lowest BCUT2D eigenvalue weighted by Gasteiger charge is -2.08. The third kappa shape index (κ3) is 5.40. The van der Waals surface area contributed by atoms with Crippen molar-refractivity contribution in [3.8, 4) is 0 Å².